The molecule has 3 rings (SSSR count). The molecule has 0 bridgehead atoms. The van der Waals surface area contributed by atoms with Gasteiger partial charge in [0.15, 0.2) is 0 Å². The maximum absolute atomic E-state index is 5.62. The van der Waals surface area contributed by atoms with E-state index in [2.05, 4.69) is 59.6 Å². The number of aromatic amines is 1. The van der Waals surface area contributed by atoms with Gasteiger partial charge in [-0.2, -0.15) is 5.10 Å². The molecule has 0 aliphatic heterocycles. The zero-order valence-corrected chi connectivity index (χ0v) is 12.1. The highest BCUT2D eigenvalue weighted by Gasteiger charge is 2.05. The predicted molar refractivity (Wildman–Crippen MR) is 85.9 cm³/mol. The van der Waals surface area contributed by atoms with Crippen LogP contribution in [-0.4, -0.2) is 10.2 Å². The summed E-state index contributed by atoms with van der Waals surface area (Å²) in [6.07, 6.45) is 0.869. The first-order valence-electron chi connectivity index (χ1n) is 7.14. The fourth-order valence-electron chi connectivity index (χ4n) is 2.34. The summed E-state index contributed by atoms with van der Waals surface area (Å²) in [5.41, 5.74) is 12.5. The number of hydrogen-bond acceptors (Lipinski definition) is 2. The summed E-state index contributed by atoms with van der Waals surface area (Å²) in [4.78, 5) is 0. The highest BCUT2D eigenvalue weighted by atomic mass is 15.1. The minimum absolute atomic E-state index is 0.569. The standard InChI is InChI=1S/C18H19N3/c1-13-2-4-14(5-3-13)10-17-11-18(21-20-17)16-8-6-15(12-19)7-9-16/h2-9,11H,10,12,19H2,1H3,(H,20,21). The average molecular weight is 277 g/mol. The molecule has 0 radical (unpaired) electrons. The highest BCUT2D eigenvalue weighted by Crippen LogP contribution is 2.19. The van der Waals surface area contributed by atoms with Gasteiger partial charge in [-0.15, -0.1) is 0 Å². The van der Waals surface area contributed by atoms with Crippen LogP contribution in [0.25, 0.3) is 11.3 Å². The third-order valence-electron chi connectivity index (χ3n) is 3.63. The lowest BCUT2D eigenvalue weighted by molar-refractivity contribution is 0.998. The molecule has 1 heterocycles. The number of nitrogens with two attached hydrogens (primary N) is 1. The summed E-state index contributed by atoms with van der Waals surface area (Å²) < 4.78 is 0. The van der Waals surface area contributed by atoms with E-state index in [0.29, 0.717) is 6.54 Å². The van der Waals surface area contributed by atoms with Crippen LogP contribution in [0.4, 0.5) is 0 Å². The molecule has 3 aromatic rings. The first-order valence-corrected chi connectivity index (χ1v) is 7.14. The second-order valence-electron chi connectivity index (χ2n) is 5.34. The maximum Gasteiger partial charge on any atom is 0.0923 e. The molecule has 21 heavy (non-hydrogen) atoms. The monoisotopic (exact) mass is 277 g/mol. The van der Waals surface area contributed by atoms with E-state index in [1.54, 1.807) is 0 Å². The second kappa shape index (κ2) is 5.94. The van der Waals surface area contributed by atoms with Gasteiger partial charge in [-0.05, 0) is 24.1 Å². The number of hydrogen-bond donors (Lipinski definition) is 2. The van der Waals surface area contributed by atoms with Crippen molar-refractivity contribution in [3.8, 4) is 11.3 Å². The molecule has 0 fully saturated rings. The molecule has 0 amide bonds. The van der Waals surface area contributed by atoms with Crippen LogP contribution in [0.1, 0.15) is 22.4 Å². The third-order valence-corrected chi connectivity index (χ3v) is 3.63. The summed E-state index contributed by atoms with van der Waals surface area (Å²) in [6.45, 7) is 2.67. The van der Waals surface area contributed by atoms with E-state index in [1.165, 1.54) is 11.1 Å². The average Bonchev–Trinajstić information content (AvgIpc) is 2.98. The second-order valence-corrected chi connectivity index (χ2v) is 5.34. The minimum Gasteiger partial charge on any atom is -0.326 e. The Morgan fingerprint density at radius 2 is 1.62 bits per heavy atom. The summed E-state index contributed by atoms with van der Waals surface area (Å²) in [5, 5.41) is 7.52. The Labute approximate surface area is 124 Å². The number of benzene rings is 2. The molecular weight excluding hydrogens is 258 g/mol. The van der Waals surface area contributed by atoms with Gasteiger partial charge in [0.1, 0.15) is 0 Å². The van der Waals surface area contributed by atoms with Crippen molar-refractivity contribution in [3.63, 3.8) is 0 Å². The molecule has 0 aliphatic rings. The first kappa shape index (κ1) is 13.6. The Hall–Kier alpha value is -2.39. The van der Waals surface area contributed by atoms with Crippen molar-refractivity contribution >= 4 is 0 Å². The van der Waals surface area contributed by atoms with Crippen molar-refractivity contribution in [3.05, 3.63) is 77.0 Å². The fraction of sp³-hybridized carbons (Fsp3) is 0.167. The maximum atomic E-state index is 5.62. The fourth-order valence-corrected chi connectivity index (χ4v) is 2.34. The van der Waals surface area contributed by atoms with Gasteiger partial charge >= 0.3 is 0 Å². The van der Waals surface area contributed by atoms with Gasteiger partial charge in [0.2, 0.25) is 0 Å². The molecule has 0 aliphatic carbocycles. The molecule has 0 unspecified atom stereocenters. The van der Waals surface area contributed by atoms with E-state index < -0.39 is 0 Å². The molecule has 0 spiro atoms. The van der Waals surface area contributed by atoms with E-state index in [4.69, 9.17) is 5.73 Å². The summed E-state index contributed by atoms with van der Waals surface area (Å²) in [6, 6.07) is 18.9. The normalized spacial score (nSPS) is 10.8. The Bertz CT molecular complexity index is 709. The van der Waals surface area contributed by atoms with E-state index in [0.717, 1.165) is 28.9 Å². The van der Waals surface area contributed by atoms with Crippen LogP contribution >= 0.6 is 0 Å². The van der Waals surface area contributed by atoms with Crippen LogP contribution < -0.4 is 5.73 Å². The zero-order chi connectivity index (χ0) is 14.7. The van der Waals surface area contributed by atoms with E-state index >= 15 is 0 Å². The molecule has 0 atom stereocenters. The molecule has 3 nitrogen and oxygen atoms in total. The lowest BCUT2D eigenvalue weighted by Gasteiger charge is -1.99. The number of aryl methyl sites for hydroxylation is 1. The van der Waals surface area contributed by atoms with E-state index in [9.17, 15) is 0 Å². The smallest absolute Gasteiger partial charge is 0.0923 e. The predicted octanol–water partition coefficient (Wildman–Crippen LogP) is 3.43. The SMILES string of the molecule is Cc1ccc(Cc2cc(-c3ccc(CN)cc3)n[nH]2)cc1. The summed E-state index contributed by atoms with van der Waals surface area (Å²) in [5.74, 6) is 0. The largest absolute Gasteiger partial charge is 0.326 e. The Kier molecular flexibility index (Phi) is 3.84. The van der Waals surface area contributed by atoms with Gasteiger partial charge in [0.25, 0.3) is 0 Å². The summed E-state index contributed by atoms with van der Waals surface area (Å²) >= 11 is 0. The van der Waals surface area contributed by atoms with E-state index in [1.807, 2.05) is 12.1 Å². The minimum atomic E-state index is 0.569. The van der Waals surface area contributed by atoms with Crippen LogP contribution in [0.5, 0.6) is 0 Å². The molecule has 0 saturated carbocycles. The first-order chi connectivity index (χ1) is 10.2. The zero-order valence-electron chi connectivity index (χ0n) is 12.1. The van der Waals surface area contributed by atoms with Crippen LogP contribution in [-0.2, 0) is 13.0 Å². The Balaban J connectivity index is 1.77. The van der Waals surface area contributed by atoms with Gasteiger partial charge in [-0.25, -0.2) is 0 Å². The number of aromatic nitrogens is 2. The molecular formula is C18H19N3. The van der Waals surface area contributed by atoms with Crippen LogP contribution in [0, 0.1) is 6.92 Å². The van der Waals surface area contributed by atoms with E-state index in [-0.39, 0.29) is 0 Å². The van der Waals surface area contributed by atoms with Crippen LogP contribution in [0.15, 0.2) is 54.6 Å². The quantitative estimate of drug-likeness (QED) is 0.767. The lowest BCUT2D eigenvalue weighted by Crippen LogP contribution is -1.95. The van der Waals surface area contributed by atoms with Crippen LogP contribution in [0.3, 0.4) is 0 Å². The van der Waals surface area contributed by atoms with Crippen molar-refractivity contribution in [2.45, 2.75) is 19.9 Å². The molecule has 1 aromatic heterocycles. The van der Waals surface area contributed by atoms with Gasteiger partial charge in [-0.3, -0.25) is 5.10 Å². The highest BCUT2D eigenvalue weighted by molar-refractivity contribution is 5.59. The third kappa shape index (κ3) is 3.20. The van der Waals surface area contributed by atoms with Gasteiger partial charge in [-0.1, -0.05) is 54.1 Å². The lowest BCUT2D eigenvalue weighted by atomic mass is 10.1. The number of rotatable bonds is 4. The molecule has 3 N–H and O–H groups in total. The molecule has 2 aromatic carbocycles. The van der Waals surface area contributed by atoms with Gasteiger partial charge in [0, 0.05) is 24.2 Å². The summed E-state index contributed by atoms with van der Waals surface area (Å²) in [7, 11) is 0. The van der Waals surface area contributed by atoms with Crippen molar-refractivity contribution in [2.24, 2.45) is 5.73 Å². The number of H-pyrrole nitrogens is 1. The molecule has 106 valence electrons. The Morgan fingerprint density at radius 1 is 0.952 bits per heavy atom. The van der Waals surface area contributed by atoms with Gasteiger partial charge in [0.05, 0.1) is 5.69 Å². The van der Waals surface area contributed by atoms with Crippen LogP contribution in [0.2, 0.25) is 0 Å². The number of nitrogens with zero attached hydrogens (tertiary/aromatic N) is 1. The number of nitrogens with one attached hydrogen (secondary N) is 1. The van der Waals surface area contributed by atoms with Crippen molar-refractivity contribution in [2.75, 3.05) is 0 Å². The molecule has 3 heteroatoms. The van der Waals surface area contributed by atoms with Gasteiger partial charge < -0.3 is 5.73 Å². The van der Waals surface area contributed by atoms with Crippen molar-refractivity contribution in [1.82, 2.24) is 10.2 Å². The molecule has 0 saturated heterocycles. The topological polar surface area (TPSA) is 54.7 Å². The van der Waals surface area contributed by atoms with Crippen molar-refractivity contribution < 1.29 is 0 Å². The Morgan fingerprint density at radius 3 is 2.29 bits per heavy atom. The van der Waals surface area contributed by atoms with Crippen molar-refractivity contribution in [1.29, 1.82) is 0 Å².